The number of nitrogens with one attached hydrogen (secondary N) is 1. The second-order valence-electron chi connectivity index (χ2n) is 7.47. The number of aliphatic imine (C=N–C) groups is 1. The smallest absolute Gasteiger partial charge is 0.278 e. The number of hydrogen-bond donors (Lipinski definition) is 1. The van der Waals surface area contributed by atoms with Gasteiger partial charge >= 0.3 is 0 Å². The Bertz CT molecular complexity index is 1050. The lowest BCUT2D eigenvalue weighted by Crippen LogP contribution is -2.33. The molecule has 2 aliphatic rings. The highest BCUT2D eigenvalue weighted by Gasteiger charge is 2.41. The highest BCUT2D eigenvalue weighted by molar-refractivity contribution is 8.14. The maximum Gasteiger partial charge on any atom is 0.278 e. The Hall–Kier alpha value is -3.07. The second-order valence-corrected chi connectivity index (χ2v) is 8.41. The normalized spacial score (nSPS) is 17.3. The molecule has 162 valence electrons. The van der Waals surface area contributed by atoms with Crippen molar-refractivity contribution in [3.05, 3.63) is 47.4 Å². The average molecular weight is 440 g/mol. The van der Waals surface area contributed by atoms with Gasteiger partial charge in [0.25, 0.3) is 5.91 Å². The first-order chi connectivity index (χ1) is 14.9. The summed E-state index contributed by atoms with van der Waals surface area (Å²) in [5.74, 6) is 0.666. The van der Waals surface area contributed by atoms with Crippen LogP contribution in [0, 0.1) is 6.92 Å². The summed E-state index contributed by atoms with van der Waals surface area (Å²) in [7, 11) is 1.84. The zero-order chi connectivity index (χ0) is 22.0. The lowest BCUT2D eigenvalue weighted by atomic mass is 10.2. The molecule has 8 nitrogen and oxygen atoms in total. The molecule has 0 bridgehead atoms. The Balaban J connectivity index is 1.42. The van der Waals surface area contributed by atoms with Crippen molar-refractivity contribution < 1.29 is 14.3 Å². The number of ether oxygens (including phenoxy) is 1. The first-order valence-electron chi connectivity index (χ1n) is 10.2. The van der Waals surface area contributed by atoms with Crippen molar-refractivity contribution in [1.29, 1.82) is 0 Å². The van der Waals surface area contributed by atoms with Crippen LogP contribution in [-0.4, -0.2) is 50.1 Å². The molecule has 0 radical (unpaired) electrons. The molecule has 4 rings (SSSR count). The molecule has 1 fully saturated rings. The number of anilines is 1. The molecule has 2 heterocycles. The van der Waals surface area contributed by atoms with Gasteiger partial charge in [0.1, 0.15) is 11.4 Å². The molecule has 31 heavy (non-hydrogen) atoms. The van der Waals surface area contributed by atoms with Gasteiger partial charge in [-0.2, -0.15) is 5.10 Å². The van der Waals surface area contributed by atoms with Crippen molar-refractivity contribution in [2.75, 3.05) is 17.7 Å². The fourth-order valence-corrected chi connectivity index (χ4v) is 4.17. The summed E-state index contributed by atoms with van der Waals surface area (Å²) < 4.78 is 7.12. The van der Waals surface area contributed by atoms with E-state index in [0.29, 0.717) is 23.2 Å². The maximum atomic E-state index is 12.9. The number of rotatable bonds is 7. The van der Waals surface area contributed by atoms with Crippen molar-refractivity contribution in [2.24, 2.45) is 12.0 Å². The minimum Gasteiger partial charge on any atom is -0.494 e. The molecule has 2 amide bonds. The highest BCUT2D eigenvalue weighted by atomic mass is 32.2. The Morgan fingerprint density at radius 1 is 1.32 bits per heavy atom. The number of carbonyl (C=O) groups is 2. The van der Waals surface area contributed by atoms with Gasteiger partial charge in [-0.15, -0.1) is 0 Å². The molecule has 0 saturated heterocycles. The van der Waals surface area contributed by atoms with E-state index in [-0.39, 0.29) is 23.6 Å². The number of nitrogens with zero attached hydrogens (tertiary/aromatic N) is 4. The molecule has 9 heteroatoms. The second kappa shape index (κ2) is 8.97. The highest BCUT2D eigenvalue weighted by Crippen LogP contribution is 2.35. The molecule has 0 spiro atoms. The number of amides is 2. The predicted molar refractivity (Wildman–Crippen MR) is 122 cm³/mol. The van der Waals surface area contributed by atoms with Gasteiger partial charge in [-0.1, -0.05) is 11.8 Å². The van der Waals surface area contributed by atoms with Gasteiger partial charge in [-0.25, -0.2) is 4.99 Å². The van der Waals surface area contributed by atoms with E-state index in [4.69, 9.17) is 4.74 Å². The number of amidine groups is 1. The summed E-state index contributed by atoms with van der Waals surface area (Å²) in [4.78, 5) is 31.6. The van der Waals surface area contributed by atoms with E-state index in [1.165, 1.54) is 11.8 Å². The van der Waals surface area contributed by atoms with E-state index in [2.05, 4.69) is 15.4 Å². The molecule has 1 N–H and O–H groups in total. The average Bonchev–Trinajstić information content (AvgIpc) is 3.45. The summed E-state index contributed by atoms with van der Waals surface area (Å²) in [5, 5.41) is 7.76. The Labute approximate surface area is 185 Å². The Morgan fingerprint density at radius 3 is 2.68 bits per heavy atom. The van der Waals surface area contributed by atoms with E-state index >= 15 is 0 Å². The van der Waals surface area contributed by atoms with E-state index in [9.17, 15) is 9.59 Å². The third-order valence-corrected chi connectivity index (χ3v) is 5.85. The van der Waals surface area contributed by atoms with Gasteiger partial charge in [0.05, 0.1) is 18.1 Å². The van der Waals surface area contributed by atoms with Crippen molar-refractivity contribution >= 4 is 40.5 Å². The van der Waals surface area contributed by atoms with Crippen molar-refractivity contribution in [3.8, 4) is 5.75 Å². The predicted octanol–water partition coefficient (Wildman–Crippen LogP) is 3.20. The van der Waals surface area contributed by atoms with Crippen LogP contribution in [0.5, 0.6) is 5.75 Å². The maximum absolute atomic E-state index is 12.9. The number of benzene rings is 1. The van der Waals surface area contributed by atoms with Crippen LogP contribution in [0.1, 0.15) is 31.0 Å². The van der Waals surface area contributed by atoms with Crippen molar-refractivity contribution in [1.82, 2.24) is 14.7 Å². The first-order valence-corrected chi connectivity index (χ1v) is 11.2. The van der Waals surface area contributed by atoms with Crippen molar-refractivity contribution in [2.45, 2.75) is 32.7 Å². The molecule has 1 aliphatic heterocycles. The van der Waals surface area contributed by atoms with Crippen molar-refractivity contribution in [3.63, 3.8) is 0 Å². The van der Waals surface area contributed by atoms with Gasteiger partial charge < -0.3 is 10.1 Å². The van der Waals surface area contributed by atoms with Gasteiger partial charge in [-0.05, 0) is 57.0 Å². The Morgan fingerprint density at radius 2 is 2.06 bits per heavy atom. The van der Waals surface area contributed by atoms with Crippen LogP contribution in [0.15, 0.2) is 41.2 Å². The lowest BCUT2D eigenvalue weighted by molar-refractivity contribution is -0.123. The summed E-state index contributed by atoms with van der Waals surface area (Å²) >= 11 is 1.28. The van der Waals surface area contributed by atoms with E-state index in [1.54, 1.807) is 27.8 Å². The molecule has 1 aliphatic carbocycles. The summed E-state index contributed by atoms with van der Waals surface area (Å²) in [6.07, 6.45) is 5.56. The van der Waals surface area contributed by atoms with E-state index in [1.807, 2.05) is 39.2 Å². The number of aryl methyl sites for hydroxylation is 2. The van der Waals surface area contributed by atoms with Crippen LogP contribution >= 0.6 is 11.8 Å². The number of thioether (sulfide) groups is 1. The number of aromatic nitrogens is 2. The number of carbonyl (C=O) groups excluding carboxylic acids is 2. The Kier molecular flexibility index (Phi) is 6.13. The molecule has 2 aromatic rings. The van der Waals surface area contributed by atoms with E-state index < -0.39 is 0 Å². The molecule has 1 aromatic carbocycles. The molecule has 1 saturated carbocycles. The third-order valence-electron chi connectivity index (χ3n) is 4.90. The van der Waals surface area contributed by atoms with Gasteiger partial charge in [0, 0.05) is 30.5 Å². The number of hydrogen-bond acceptors (Lipinski definition) is 6. The molecule has 1 aromatic heterocycles. The van der Waals surface area contributed by atoms with E-state index in [0.717, 1.165) is 29.8 Å². The first kappa shape index (κ1) is 21.2. The molecular formula is C22H25N5O3S. The molecular weight excluding hydrogens is 414 g/mol. The molecule has 0 unspecified atom stereocenters. The van der Waals surface area contributed by atoms with Gasteiger partial charge in [0.15, 0.2) is 5.17 Å². The fourth-order valence-electron chi connectivity index (χ4n) is 3.30. The lowest BCUT2D eigenvalue weighted by Gasteiger charge is -2.16. The van der Waals surface area contributed by atoms with Crippen LogP contribution in [0.2, 0.25) is 0 Å². The zero-order valence-electron chi connectivity index (χ0n) is 17.8. The topological polar surface area (TPSA) is 88.8 Å². The summed E-state index contributed by atoms with van der Waals surface area (Å²) in [6.45, 7) is 4.42. The standard InChI is InChI=1S/C22H25N5O3S/c1-4-30-18-9-5-16(6-10-18)23-20(28)13-31-22-24-19(21(29)27(22)17-7-8-17)11-15-12-26(3)25-14(15)2/h5-6,9-12,17H,4,7-8,13H2,1-3H3,(H,23,28)/b19-11-. The fraction of sp³-hybridized carbons (Fsp3) is 0.364. The van der Waals surface area contributed by atoms with Crippen LogP contribution in [-0.2, 0) is 16.6 Å². The summed E-state index contributed by atoms with van der Waals surface area (Å²) in [6, 6.07) is 7.42. The van der Waals surface area contributed by atoms with Crippen LogP contribution in [0.25, 0.3) is 6.08 Å². The third kappa shape index (κ3) is 4.99. The SMILES string of the molecule is CCOc1ccc(NC(=O)CSC2=N/C(=C\c3cn(C)nc3C)C(=O)N2C2CC2)cc1. The quantitative estimate of drug-likeness (QED) is 0.670. The van der Waals surface area contributed by atoms with Crippen LogP contribution < -0.4 is 10.1 Å². The monoisotopic (exact) mass is 439 g/mol. The van der Waals surface area contributed by atoms with Crippen LogP contribution in [0.3, 0.4) is 0 Å². The van der Waals surface area contributed by atoms with Gasteiger partial charge in [0.2, 0.25) is 5.91 Å². The summed E-state index contributed by atoms with van der Waals surface area (Å²) in [5.41, 5.74) is 2.79. The molecule has 0 atom stereocenters. The van der Waals surface area contributed by atoms with Crippen LogP contribution in [0.4, 0.5) is 5.69 Å². The van der Waals surface area contributed by atoms with Gasteiger partial charge in [-0.3, -0.25) is 19.2 Å². The zero-order valence-corrected chi connectivity index (χ0v) is 18.6. The minimum absolute atomic E-state index is 0.111. The largest absolute Gasteiger partial charge is 0.494 e. The minimum atomic E-state index is -0.152.